The Kier molecular flexibility index (Phi) is 6.20. The molecular weight excluding hydrogens is 268 g/mol. The second-order valence-electron chi connectivity index (χ2n) is 7.49. The normalized spacial score (nSPS) is 23.8. The van der Waals surface area contributed by atoms with Crippen LogP contribution in [-0.4, -0.2) is 36.1 Å². The molecule has 1 aliphatic heterocycles. The molecule has 2 atom stereocenters. The van der Waals surface area contributed by atoms with Gasteiger partial charge in [0.25, 0.3) is 0 Å². The zero-order chi connectivity index (χ0) is 16.1. The molecule has 1 saturated heterocycles. The van der Waals surface area contributed by atoms with Crippen molar-refractivity contribution in [3.8, 4) is 0 Å². The van der Waals surface area contributed by atoms with Crippen LogP contribution in [0.15, 0.2) is 0 Å². The third-order valence-corrected chi connectivity index (χ3v) is 4.07. The van der Waals surface area contributed by atoms with Crippen molar-refractivity contribution < 1.29 is 14.7 Å². The molecule has 3 N–H and O–H groups in total. The average Bonchev–Trinajstić information content (AvgIpc) is 2.76. The van der Waals surface area contributed by atoms with Crippen molar-refractivity contribution in [1.82, 2.24) is 10.6 Å². The Morgan fingerprint density at radius 2 is 2.05 bits per heavy atom. The highest BCUT2D eigenvalue weighted by atomic mass is 16.4. The molecule has 1 amide bonds. The number of aliphatic carboxylic acids is 1. The number of rotatable bonds is 7. The summed E-state index contributed by atoms with van der Waals surface area (Å²) in [5.41, 5.74) is -0.372. The lowest BCUT2D eigenvalue weighted by molar-refractivity contribution is -0.138. The highest BCUT2D eigenvalue weighted by Gasteiger charge is 2.41. The molecule has 5 nitrogen and oxygen atoms in total. The maximum absolute atomic E-state index is 12.7. The Morgan fingerprint density at radius 1 is 1.38 bits per heavy atom. The van der Waals surface area contributed by atoms with E-state index >= 15 is 0 Å². The molecule has 0 saturated carbocycles. The summed E-state index contributed by atoms with van der Waals surface area (Å²) in [7, 11) is 0. The number of hydrogen-bond acceptors (Lipinski definition) is 3. The Hall–Kier alpha value is -1.10. The van der Waals surface area contributed by atoms with Gasteiger partial charge in [-0.1, -0.05) is 34.1 Å². The van der Waals surface area contributed by atoms with Gasteiger partial charge in [0, 0.05) is 12.6 Å². The number of carbonyl (C=O) groups excluding carboxylic acids is 1. The fraction of sp³-hybridized carbons (Fsp3) is 0.875. The monoisotopic (exact) mass is 298 g/mol. The van der Waals surface area contributed by atoms with Crippen LogP contribution in [-0.2, 0) is 9.59 Å². The largest absolute Gasteiger partial charge is 0.481 e. The number of hydrogen-bond donors (Lipinski definition) is 3. The van der Waals surface area contributed by atoms with Crippen LogP contribution in [0.4, 0.5) is 0 Å². The van der Waals surface area contributed by atoms with E-state index in [1.165, 1.54) is 0 Å². The van der Waals surface area contributed by atoms with Gasteiger partial charge in [-0.25, -0.2) is 0 Å². The topological polar surface area (TPSA) is 78.4 Å². The summed E-state index contributed by atoms with van der Waals surface area (Å²) < 4.78 is 0. The second kappa shape index (κ2) is 7.25. The van der Waals surface area contributed by atoms with Gasteiger partial charge in [0.15, 0.2) is 0 Å². The fourth-order valence-electron chi connectivity index (χ4n) is 3.21. The standard InChI is InChI=1S/C16H30N2O3/c1-5-6-16(7-8-17-11-16)14(21)18-12(9-13(19)20)10-15(2,3)4/h12,17H,5-11H2,1-4H3,(H,18,21)(H,19,20). The van der Waals surface area contributed by atoms with Crippen LogP contribution in [0.2, 0.25) is 0 Å². The Morgan fingerprint density at radius 3 is 2.48 bits per heavy atom. The number of carboxylic acid groups (broad SMARTS) is 1. The zero-order valence-corrected chi connectivity index (χ0v) is 13.8. The number of carbonyl (C=O) groups is 2. The molecule has 1 rings (SSSR count). The predicted octanol–water partition coefficient (Wildman–Crippen LogP) is 2.16. The van der Waals surface area contributed by atoms with Gasteiger partial charge >= 0.3 is 5.97 Å². The first-order chi connectivity index (χ1) is 9.68. The fourth-order valence-corrected chi connectivity index (χ4v) is 3.21. The third-order valence-electron chi connectivity index (χ3n) is 4.07. The van der Waals surface area contributed by atoms with E-state index < -0.39 is 5.97 Å². The van der Waals surface area contributed by atoms with E-state index in [-0.39, 0.29) is 29.2 Å². The van der Waals surface area contributed by atoms with Crippen LogP contribution in [0, 0.1) is 10.8 Å². The van der Waals surface area contributed by atoms with E-state index in [1.54, 1.807) is 0 Å². The lowest BCUT2D eigenvalue weighted by Crippen LogP contribution is -2.48. The van der Waals surface area contributed by atoms with Gasteiger partial charge in [-0.05, 0) is 31.2 Å². The smallest absolute Gasteiger partial charge is 0.305 e. The molecule has 0 bridgehead atoms. The summed E-state index contributed by atoms with van der Waals surface area (Å²) in [4.78, 5) is 23.7. The van der Waals surface area contributed by atoms with Gasteiger partial charge in [0.1, 0.15) is 0 Å². The molecule has 0 aromatic heterocycles. The lowest BCUT2D eigenvalue weighted by atomic mass is 9.80. The van der Waals surface area contributed by atoms with Crippen molar-refractivity contribution in [3.05, 3.63) is 0 Å². The van der Waals surface area contributed by atoms with Crippen molar-refractivity contribution in [2.24, 2.45) is 10.8 Å². The quantitative estimate of drug-likeness (QED) is 0.673. The molecule has 0 aliphatic carbocycles. The molecule has 2 unspecified atom stereocenters. The molecule has 122 valence electrons. The number of carboxylic acids is 1. The Bertz CT molecular complexity index is 368. The van der Waals surface area contributed by atoms with Crippen LogP contribution in [0.1, 0.15) is 59.8 Å². The Labute approximate surface area is 127 Å². The maximum Gasteiger partial charge on any atom is 0.305 e. The predicted molar refractivity (Wildman–Crippen MR) is 83.1 cm³/mol. The summed E-state index contributed by atoms with van der Waals surface area (Å²) in [5.74, 6) is -0.844. The Balaban J connectivity index is 2.76. The molecule has 0 radical (unpaired) electrons. The van der Waals surface area contributed by atoms with E-state index in [9.17, 15) is 9.59 Å². The second-order valence-corrected chi connectivity index (χ2v) is 7.49. The van der Waals surface area contributed by atoms with Crippen LogP contribution in [0.5, 0.6) is 0 Å². The maximum atomic E-state index is 12.7. The van der Waals surface area contributed by atoms with Crippen molar-refractivity contribution in [1.29, 1.82) is 0 Å². The van der Waals surface area contributed by atoms with Crippen molar-refractivity contribution in [2.75, 3.05) is 13.1 Å². The SMILES string of the molecule is CCCC1(C(=O)NC(CC(=O)O)CC(C)(C)C)CCNC1. The molecule has 1 fully saturated rings. The first-order valence-electron chi connectivity index (χ1n) is 7.92. The summed E-state index contributed by atoms with van der Waals surface area (Å²) in [6.07, 6.45) is 3.29. The molecule has 5 heteroatoms. The van der Waals surface area contributed by atoms with Crippen LogP contribution in [0.25, 0.3) is 0 Å². The van der Waals surface area contributed by atoms with E-state index in [2.05, 4.69) is 38.3 Å². The first kappa shape index (κ1) is 18.0. The van der Waals surface area contributed by atoms with Gasteiger partial charge < -0.3 is 15.7 Å². The van der Waals surface area contributed by atoms with E-state index in [0.717, 1.165) is 25.8 Å². The lowest BCUT2D eigenvalue weighted by Gasteiger charge is -2.31. The highest BCUT2D eigenvalue weighted by Crippen LogP contribution is 2.32. The van der Waals surface area contributed by atoms with E-state index in [1.807, 2.05) is 0 Å². The van der Waals surface area contributed by atoms with Gasteiger partial charge in [-0.2, -0.15) is 0 Å². The molecular formula is C16H30N2O3. The van der Waals surface area contributed by atoms with Crippen LogP contribution < -0.4 is 10.6 Å². The van der Waals surface area contributed by atoms with E-state index in [4.69, 9.17) is 5.11 Å². The van der Waals surface area contributed by atoms with Crippen molar-refractivity contribution in [3.63, 3.8) is 0 Å². The molecule has 0 aromatic rings. The number of amides is 1. The third kappa shape index (κ3) is 5.65. The highest BCUT2D eigenvalue weighted by molar-refractivity contribution is 5.84. The van der Waals surface area contributed by atoms with Gasteiger partial charge in [0.2, 0.25) is 5.91 Å². The van der Waals surface area contributed by atoms with Gasteiger partial charge in [-0.15, -0.1) is 0 Å². The summed E-state index contributed by atoms with van der Waals surface area (Å²) in [6, 6.07) is -0.302. The summed E-state index contributed by atoms with van der Waals surface area (Å²) >= 11 is 0. The van der Waals surface area contributed by atoms with Crippen LogP contribution >= 0.6 is 0 Å². The van der Waals surface area contributed by atoms with Gasteiger partial charge in [0.05, 0.1) is 11.8 Å². The van der Waals surface area contributed by atoms with Gasteiger partial charge in [-0.3, -0.25) is 9.59 Å². The number of nitrogens with one attached hydrogen (secondary N) is 2. The van der Waals surface area contributed by atoms with Crippen molar-refractivity contribution >= 4 is 11.9 Å². The summed E-state index contributed by atoms with van der Waals surface area (Å²) in [6.45, 7) is 9.82. The van der Waals surface area contributed by atoms with Crippen LogP contribution in [0.3, 0.4) is 0 Å². The first-order valence-corrected chi connectivity index (χ1v) is 7.92. The summed E-state index contributed by atoms with van der Waals surface area (Å²) in [5, 5.41) is 15.3. The minimum atomic E-state index is -0.862. The minimum Gasteiger partial charge on any atom is -0.481 e. The molecule has 0 aromatic carbocycles. The van der Waals surface area contributed by atoms with E-state index in [0.29, 0.717) is 13.0 Å². The average molecular weight is 298 g/mol. The zero-order valence-electron chi connectivity index (χ0n) is 13.8. The van der Waals surface area contributed by atoms with Crippen molar-refractivity contribution in [2.45, 2.75) is 65.8 Å². The molecule has 21 heavy (non-hydrogen) atoms. The minimum absolute atomic E-state index is 0.0146. The molecule has 1 heterocycles. The molecule has 1 aliphatic rings. The molecule has 0 spiro atoms.